The summed E-state index contributed by atoms with van der Waals surface area (Å²) in [6, 6.07) is 4.25. The summed E-state index contributed by atoms with van der Waals surface area (Å²) < 4.78 is 5.73. The Balaban J connectivity index is 2.49. The Morgan fingerprint density at radius 1 is 1.30 bits per heavy atom. The number of nitrogens with zero attached hydrogens (tertiary/aromatic N) is 2. The van der Waals surface area contributed by atoms with Gasteiger partial charge in [-0.1, -0.05) is 15.9 Å². The highest BCUT2D eigenvalue weighted by molar-refractivity contribution is 9.10. The number of ether oxygens (including phenoxy) is 1. The molecule has 7 nitrogen and oxygen atoms in total. The summed E-state index contributed by atoms with van der Waals surface area (Å²) in [4.78, 5) is 33.4. The van der Waals surface area contributed by atoms with Gasteiger partial charge >= 0.3 is 5.97 Å². The molecule has 0 aliphatic rings. The number of esters is 1. The van der Waals surface area contributed by atoms with Crippen LogP contribution in [0.5, 0.6) is 0 Å². The zero-order valence-electron chi connectivity index (χ0n) is 13.2. The third kappa shape index (κ3) is 7.23. The average molecular weight is 386 g/mol. The molecule has 0 saturated carbocycles. The number of rotatable bonds is 6. The van der Waals surface area contributed by atoms with E-state index in [1.165, 1.54) is 18.2 Å². The number of amides is 1. The molecule has 125 valence electrons. The van der Waals surface area contributed by atoms with E-state index in [0.717, 1.165) is 0 Å². The lowest BCUT2D eigenvalue weighted by Crippen LogP contribution is -2.25. The van der Waals surface area contributed by atoms with Crippen molar-refractivity contribution in [2.75, 3.05) is 0 Å². The van der Waals surface area contributed by atoms with Crippen LogP contribution in [0, 0.1) is 10.1 Å². The predicted octanol–water partition coefficient (Wildman–Crippen LogP) is 3.11. The molecular weight excluding hydrogens is 368 g/mol. The Kier molecular flexibility index (Phi) is 6.68. The van der Waals surface area contributed by atoms with Gasteiger partial charge in [0.05, 0.1) is 17.9 Å². The Bertz CT molecular complexity index is 610. The lowest BCUT2D eigenvalue weighted by molar-refractivity contribution is -0.384. The van der Waals surface area contributed by atoms with Crippen molar-refractivity contribution < 1.29 is 19.2 Å². The molecular formula is C15H18BrN2O5. The lowest BCUT2D eigenvalue weighted by atomic mass is 10.2. The topological polar surface area (TPSA) is 101 Å². The van der Waals surface area contributed by atoms with Gasteiger partial charge in [-0.3, -0.25) is 19.7 Å². The fourth-order valence-corrected chi connectivity index (χ4v) is 2.02. The number of benzene rings is 1. The van der Waals surface area contributed by atoms with Crippen molar-refractivity contribution in [2.45, 2.75) is 45.8 Å². The molecule has 1 amide bonds. The highest BCUT2D eigenvalue weighted by Crippen LogP contribution is 2.22. The molecule has 0 saturated heterocycles. The number of nitro groups is 1. The van der Waals surface area contributed by atoms with Gasteiger partial charge in [0, 0.05) is 23.0 Å². The van der Waals surface area contributed by atoms with Crippen LogP contribution in [0.1, 0.15) is 39.2 Å². The van der Waals surface area contributed by atoms with Crippen LogP contribution in [0.2, 0.25) is 0 Å². The van der Waals surface area contributed by atoms with Gasteiger partial charge in [-0.15, -0.1) is 0 Å². The summed E-state index contributed by atoms with van der Waals surface area (Å²) in [5.74, 6) is -0.910. The molecule has 0 atom stereocenters. The number of hydrogen-bond donors (Lipinski definition) is 0. The van der Waals surface area contributed by atoms with Crippen molar-refractivity contribution in [1.82, 2.24) is 5.32 Å². The van der Waals surface area contributed by atoms with Crippen LogP contribution >= 0.6 is 15.9 Å². The molecule has 0 bridgehead atoms. The third-order valence-electron chi connectivity index (χ3n) is 2.63. The first-order valence-corrected chi connectivity index (χ1v) is 7.73. The van der Waals surface area contributed by atoms with Crippen molar-refractivity contribution in [2.24, 2.45) is 0 Å². The average Bonchev–Trinajstić information content (AvgIpc) is 2.42. The van der Waals surface area contributed by atoms with Gasteiger partial charge < -0.3 is 4.74 Å². The Labute approximate surface area is 142 Å². The quantitative estimate of drug-likeness (QED) is 0.425. The number of non-ortho nitro benzene ring substituents is 1. The minimum atomic E-state index is -0.592. The Hall–Kier alpha value is -1.96. The molecule has 0 unspecified atom stereocenters. The van der Waals surface area contributed by atoms with E-state index in [1.54, 1.807) is 20.8 Å². The maximum Gasteiger partial charge on any atom is 0.306 e. The summed E-state index contributed by atoms with van der Waals surface area (Å²) >= 11 is 3.26. The number of carbonyl (C=O) groups excluding carboxylic acids is 2. The molecule has 0 fully saturated rings. The first-order chi connectivity index (χ1) is 10.6. The smallest absolute Gasteiger partial charge is 0.306 e. The summed E-state index contributed by atoms with van der Waals surface area (Å²) in [6.07, 6.45) is -0.100. The van der Waals surface area contributed by atoms with E-state index in [2.05, 4.69) is 21.2 Å². The van der Waals surface area contributed by atoms with Crippen LogP contribution in [0.3, 0.4) is 0 Å². The Morgan fingerprint density at radius 3 is 2.52 bits per heavy atom. The first kappa shape index (κ1) is 19.1. The van der Waals surface area contributed by atoms with Gasteiger partial charge in [-0.25, -0.2) is 5.32 Å². The van der Waals surface area contributed by atoms with Crippen molar-refractivity contribution in [3.05, 3.63) is 38.3 Å². The standard InChI is InChI=1S/C15H18BrN2O5/c1-15(2,3)23-14(20)7-6-13(19)17-9-10-8-11(18(21)22)4-5-12(10)16/h4-5,8H,6-7,9H2,1-3H3. The summed E-state index contributed by atoms with van der Waals surface area (Å²) in [5.41, 5.74) is -0.130. The molecule has 0 heterocycles. The summed E-state index contributed by atoms with van der Waals surface area (Å²) in [7, 11) is 0. The van der Waals surface area contributed by atoms with E-state index in [0.29, 0.717) is 10.0 Å². The van der Waals surface area contributed by atoms with E-state index < -0.39 is 22.4 Å². The van der Waals surface area contributed by atoms with Gasteiger partial charge in [0.15, 0.2) is 0 Å². The largest absolute Gasteiger partial charge is 0.460 e. The monoisotopic (exact) mass is 385 g/mol. The van der Waals surface area contributed by atoms with E-state index >= 15 is 0 Å². The zero-order chi connectivity index (χ0) is 17.6. The minimum Gasteiger partial charge on any atom is -0.460 e. The highest BCUT2D eigenvalue weighted by Gasteiger charge is 2.17. The summed E-state index contributed by atoms with van der Waals surface area (Å²) in [6.45, 7) is 5.25. The number of hydrogen-bond acceptors (Lipinski definition) is 5. The fourth-order valence-electron chi connectivity index (χ4n) is 1.65. The molecule has 0 N–H and O–H groups in total. The predicted molar refractivity (Wildman–Crippen MR) is 86.7 cm³/mol. The van der Waals surface area contributed by atoms with Gasteiger partial charge in [-0.2, -0.15) is 0 Å². The van der Waals surface area contributed by atoms with E-state index in [9.17, 15) is 19.7 Å². The maximum absolute atomic E-state index is 11.7. The first-order valence-electron chi connectivity index (χ1n) is 6.93. The molecule has 0 aromatic heterocycles. The molecule has 1 radical (unpaired) electrons. The molecule has 0 spiro atoms. The van der Waals surface area contributed by atoms with E-state index in [1.807, 2.05) is 0 Å². The molecule has 0 aliphatic carbocycles. The number of carbonyl (C=O) groups is 2. The number of nitro benzene ring substituents is 1. The van der Waals surface area contributed by atoms with Crippen LogP contribution in [0.15, 0.2) is 22.7 Å². The van der Waals surface area contributed by atoms with Crippen molar-refractivity contribution >= 4 is 33.5 Å². The molecule has 23 heavy (non-hydrogen) atoms. The highest BCUT2D eigenvalue weighted by atomic mass is 79.9. The van der Waals surface area contributed by atoms with Crippen LogP contribution in [0.4, 0.5) is 5.69 Å². The van der Waals surface area contributed by atoms with E-state index in [4.69, 9.17) is 4.74 Å². The van der Waals surface area contributed by atoms with Crippen LogP contribution in [-0.2, 0) is 20.9 Å². The van der Waals surface area contributed by atoms with Crippen molar-refractivity contribution in [3.63, 3.8) is 0 Å². The zero-order valence-corrected chi connectivity index (χ0v) is 14.8. The molecule has 8 heteroatoms. The molecule has 1 aromatic carbocycles. The van der Waals surface area contributed by atoms with Gasteiger partial charge in [-0.05, 0) is 32.4 Å². The van der Waals surface area contributed by atoms with E-state index in [-0.39, 0.29) is 25.1 Å². The normalized spacial score (nSPS) is 11.0. The van der Waals surface area contributed by atoms with Gasteiger partial charge in [0.2, 0.25) is 5.91 Å². The maximum atomic E-state index is 11.7. The van der Waals surface area contributed by atoms with Crippen molar-refractivity contribution in [1.29, 1.82) is 0 Å². The second-order valence-corrected chi connectivity index (χ2v) is 6.68. The molecule has 0 aliphatic heterocycles. The minimum absolute atomic E-state index is 0.00934. The van der Waals surface area contributed by atoms with Gasteiger partial charge in [0.25, 0.3) is 5.69 Å². The molecule has 1 aromatic rings. The number of halogens is 1. The Morgan fingerprint density at radius 2 is 1.96 bits per heavy atom. The van der Waals surface area contributed by atoms with Crippen molar-refractivity contribution in [3.8, 4) is 0 Å². The molecule has 1 rings (SSSR count). The second-order valence-electron chi connectivity index (χ2n) is 5.83. The van der Waals surface area contributed by atoms with Gasteiger partial charge in [0.1, 0.15) is 5.60 Å². The van der Waals surface area contributed by atoms with Crippen LogP contribution < -0.4 is 5.32 Å². The second kappa shape index (κ2) is 8.05. The van der Waals surface area contributed by atoms with Crippen LogP contribution in [-0.4, -0.2) is 22.4 Å². The lowest BCUT2D eigenvalue weighted by Gasteiger charge is -2.19. The van der Waals surface area contributed by atoms with Crippen LogP contribution in [0.25, 0.3) is 0 Å². The SMILES string of the molecule is CC(C)(C)OC(=O)CCC(=O)[N]Cc1cc([N+](=O)[O-])ccc1Br. The summed E-state index contributed by atoms with van der Waals surface area (Å²) in [5, 5.41) is 14.6. The third-order valence-corrected chi connectivity index (χ3v) is 3.40. The fraction of sp³-hybridized carbons (Fsp3) is 0.467.